The summed E-state index contributed by atoms with van der Waals surface area (Å²) in [5, 5.41) is 5.94. The van der Waals surface area contributed by atoms with Gasteiger partial charge >= 0.3 is 0 Å². The number of anilines is 1. The van der Waals surface area contributed by atoms with Crippen molar-refractivity contribution in [3.8, 4) is 0 Å². The molecule has 0 spiro atoms. The Bertz CT molecular complexity index is 1140. The van der Waals surface area contributed by atoms with Crippen LogP contribution < -0.4 is 10.6 Å². The first kappa shape index (κ1) is 23.7. The summed E-state index contributed by atoms with van der Waals surface area (Å²) in [7, 11) is -3.69. The molecular formula is C24H28ClN3O4S. The van der Waals surface area contributed by atoms with E-state index in [9.17, 15) is 18.0 Å². The molecule has 0 atom stereocenters. The second-order valence-electron chi connectivity index (χ2n) is 8.56. The molecule has 0 bridgehead atoms. The van der Waals surface area contributed by atoms with Gasteiger partial charge < -0.3 is 10.6 Å². The fourth-order valence-electron chi connectivity index (χ4n) is 4.41. The Hall–Kier alpha value is -2.42. The average molecular weight is 490 g/mol. The quantitative estimate of drug-likeness (QED) is 0.627. The summed E-state index contributed by atoms with van der Waals surface area (Å²) in [5.74, 6) is -0.814. The van der Waals surface area contributed by atoms with Crippen LogP contribution in [0, 0.1) is 0 Å². The van der Waals surface area contributed by atoms with E-state index < -0.39 is 15.9 Å². The first-order chi connectivity index (χ1) is 15.9. The predicted octanol–water partition coefficient (Wildman–Crippen LogP) is 4.44. The molecule has 1 saturated carbocycles. The summed E-state index contributed by atoms with van der Waals surface area (Å²) < 4.78 is 27.2. The molecule has 1 aliphatic heterocycles. The van der Waals surface area contributed by atoms with Gasteiger partial charge in [-0.05, 0) is 56.0 Å². The smallest absolute Gasteiger partial charge is 0.257 e. The maximum atomic E-state index is 13.1. The van der Waals surface area contributed by atoms with Gasteiger partial charge in [0.15, 0.2) is 0 Å². The molecule has 0 aromatic heterocycles. The van der Waals surface area contributed by atoms with Crippen LogP contribution in [0.3, 0.4) is 0 Å². The normalized spacial score (nSPS) is 17.6. The van der Waals surface area contributed by atoms with E-state index in [2.05, 4.69) is 10.6 Å². The molecule has 33 heavy (non-hydrogen) atoms. The summed E-state index contributed by atoms with van der Waals surface area (Å²) in [5.41, 5.74) is 0.743. The number of nitrogens with zero attached hydrogens (tertiary/aromatic N) is 1. The van der Waals surface area contributed by atoms with Gasteiger partial charge in [-0.25, -0.2) is 8.42 Å². The number of carbonyl (C=O) groups excluding carboxylic acids is 2. The Kier molecular flexibility index (Phi) is 7.36. The Balaban J connectivity index is 1.55. The van der Waals surface area contributed by atoms with Crippen molar-refractivity contribution in [2.24, 2.45) is 0 Å². The molecule has 7 nitrogen and oxygen atoms in total. The highest BCUT2D eigenvalue weighted by Gasteiger charge is 2.28. The van der Waals surface area contributed by atoms with Crippen molar-refractivity contribution in [1.29, 1.82) is 0 Å². The first-order valence-corrected chi connectivity index (χ1v) is 13.2. The van der Waals surface area contributed by atoms with Crippen LogP contribution in [0.1, 0.15) is 65.7 Å². The van der Waals surface area contributed by atoms with Gasteiger partial charge in [0.05, 0.1) is 26.7 Å². The number of nitrogens with one attached hydrogen (secondary N) is 2. The molecule has 2 aromatic carbocycles. The van der Waals surface area contributed by atoms with E-state index in [0.29, 0.717) is 24.3 Å². The topological polar surface area (TPSA) is 95.6 Å². The zero-order valence-corrected chi connectivity index (χ0v) is 19.9. The molecule has 2 amide bonds. The van der Waals surface area contributed by atoms with Crippen molar-refractivity contribution in [2.45, 2.75) is 55.9 Å². The van der Waals surface area contributed by atoms with Gasteiger partial charge in [0.25, 0.3) is 11.8 Å². The summed E-state index contributed by atoms with van der Waals surface area (Å²) in [6.45, 7) is 0.936. The van der Waals surface area contributed by atoms with Crippen LogP contribution in [-0.2, 0) is 10.0 Å². The third-order valence-corrected chi connectivity index (χ3v) is 8.47. The van der Waals surface area contributed by atoms with E-state index in [0.717, 1.165) is 38.5 Å². The van der Waals surface area contributed by atoms with Crippen molar-refractivity contribution in [3.05, 3.63) is 58.6 Å². The van der Waals surface area contributed by atoms with Crippen LogP contribution in [0.25, 0.3) is 0 Å². The van der Waals surface area contributed by atoms with E-state index in [1.54, 1.807) is 24.3 Å². The zero-order valence-electron chi connectivity index (χ0n) is 18.3. The van der Waals surface area contributed by atoms with Gasteiger partial charge in [0, 0.05) is 19.1 Å². The molecular weight excluding hydrogens is 462 g/mol. The van der Waals surface area contributed by atoms with Crippen molar-refractivity contribution in [2.75, 3.05) is 18.4 Å². The van der Waals surface area contributed by atoms with Crippen molar-refractivity contribution >= 4 is 39.1 Å². The highest BCUT2D eigenvalue weighted by atomic mass is 35.5. The molecule has 0 unspecified atom stereocenters. The van der Waals surface area contributed by atoms with Crippen LogP contribution in [0.4, 0.5) is 5.69 Å². The molecule has 1 heterocycles. The number of benzene rings is 2. The van der Waals surface area contributed by atoms with Crippen LogP contribution in [0.15, 0.2) is 47.4 Å². The third-order valence-electron chi connectivity index (χ3n) is 6.25. The van der Waals surface area contributed by atoms with Crippen molar-refractivity contribution in [1.82, 2.24) is 9.62 Å². The number of carbonyl (C=O) groups is 2. The Morgan fingerprint density at radius 1 is 0.879 bits per heavy atom. The van der Waals surface area contributed by atoms with Crippen molar-refractivity contribution < 1.29 is 18.0 Å². The number of rotatable bonds is 6. The molecule has 4 rings (SSSR count). The standard InChI is InChI=1S/C24H28ClN3O4S/c25-21-13-12-18(33(31,32)28-14-6-7-15-28)16-20(21)24(30)27-22-11-5-4-10-19(22)23(29)26-17-8-2-1-3-9-17/h4-5,10-13,16-17H,1-3,6-9,14-15H2,(H,26,29)(H,27,30). The van der Waals surface area contributed by atoms with E-state index in [4.69, 9.17) is 11.6 Å². The predicted molar refractivity (Wildman–Crippen MR) is 128 cm³/mol. The molecule has 9 heteroatoms. The van der Waals surface area contributed by atoms with E-state index in [1.807, 2.05) is 0 Å². The lowest BCUT2D eigenvalue weighted by atomic mass is 9.95. The maximum absolute atomic E-state index is 13.1. The third kappa shape index (κ3) is 5.39. The number of para-hydroxylation sites is 1. The van der Waals surface area contributed by atoms with Gasteiger partial charge in [-0.3, -0.25) is 9.59 Å². The average Bonchev–Trinajstić information content (AvgIpc) is 3.36. The molecule has 2 fully saturated rings. The van der Waals surface area contributed by atoms with E-state index in [1.165, 1.54) is 28.9 Å². The Labute approximate surface area is 199 Å². The lowest BCUT2D eigenvalue weighted by Gasteiger charge is -2.23. The molecule has 1 saturated heterocycles. The highest BCUT2D eigenvalue weighted by molar-refractivity contribution is 7.89. The largest absolute Gasteiger partial charge is 0.349 e. The van der Waals surface area contributed by atoms with Gasteiger partial charge in [-0.1, -0.05) is 43.0 Å². The highest BCUT2D eigenvalue weighted by Crippen LogP contribution is 2.27. The molecule has 2 aliphatic rings. The molecule has 2 N–H and O–H groups in total. The van der Waals surface area contributed by atoms with Gasteiger partial charge in [-0.2, -0.15) is 4.31 Å². The lowest BCUT2D eigenvalue weighted by molar-refractivity contribution is 0.0928. The second kappa shape index (κ2) is 10.2. The lowest BCUT2D eigenvalue weighted by Crippen LogP contribution is -2.36. The van der Waals surface area contributed by atoms with Crippen LogP contribution >= 0.6 is 11.6 Å². The summed E-state index contributed by atoms with van der Waals surface area (Å²) in [4.78, 5) is 26.0. The maximum Gasteiger partial charge on any atom is 0.257 e. The van der Waals surface area contributed by atoms with Crippen LogP contribution in [-0.4, -0.2) is 43.7 Å². The summed E-state index contributed by atoms with van der Waals surface area (Å²) in [6.07, 6.45) is 6.92. The van der Waals surface area contributed by atoms with Crippen LogP contribution in [0.2, 0.25) is 5.02 Å². The minimum Gasteiger partial charge on any atom is -0.349 e. The summed E-state index contributed by atoms with van der Waals surface area (Å²) >= 11 is 6.25. The number of hydrogen-bond acceptors (Lipinski definition) is 4. The minimum absolute atomic E-state index is 0.0299. The van der Waals surface area contributed by atoms with Crippen molar-refractivity contribution in [3.63, 3.8) is 0 Å². The number of hydrogen-bond donors (Lipinski definition) is 2. The van der Waals surface area contributed by atoms with Gasteiger partial charge in [0.1, 0.15) is 0 Å². The Morgan fingerprint density at radius 2 is 1.58 bits per heavy atom. The zero-order chi connectivity index (χ0) is 23.4. The fraction of sp³-hybridized carbons (Fsp3) is 0.417. The number of halogens is 1. The SMILES string of the molecule is O=C(Nc1ccccc1C(=O)NC1CCCCC1)c1cc(S(=O)(=O)N2CCCC2)ccc1Cl. The van der Waals surface area contributed by atoms with Crippen LogP contribution in [0.5, 0.6) is 0 Å². The minimum atomic E-state index is -3.69. The van der Waals surface area contributed by atoms with E-state index in [-0.39, 0.29) is 27.4 Å². The molecule has 0 radical (unpaired) electrons. The Morgan fingerprint density at radius 3 is 2.30 bits per heavy atom. The van der Waals surface area contributed by atoms with E-state index >= 15 is 0 Å². The molecule has 2 aromatic rings. The summed E-state index contributed by atoms with van der Waals surface area (Å²) in [6, 6.07) is 11.0. The van der Waals surface area contributed by atoms with Gasteiger partial charge in [0.2, 0.25) is 10.0 Å². The second-order valence-corrected chi connectivity index (χ2v) is 10.9. The fourth-order valence-corrected chi connectivity index (χ4v) is 6.15. The molecule has 1 aliphatic carbocycles. The monoisotopic (exact) mass is 489 g/mol. The van der Waals surface area contributed by atoms with Gasteiger partial charge in [-0.15, -0.1) is 0 Å². The molecule has 176 valence electrons. The first-order valence-electron chi connectivity index (χ1n) is 11.4. The number of amides is 2. The number of sulfonamides is 1.